The van der Waals surface area contributed by atoms with Crippen molar-refractivity contribution in [2.24, 2.45) is 0 Å². The zero-order valence-electron chi connectivity index (χ0n) is 10.8. The fourth-order valence-electron chi connectivity index (χ4n) is 1.88. The molecule has 0 spiro atoms. The van der Waals surface area contributed by atoms with Gasteiger partial charge < -0.3 is 15.0 Å². The monoisotopic (exact) mass is 301 g/mol. The van der Waals surface area contributed by atoms with E-state index in [0.717, 1.165) is 15.3 Å². The lowest BCUT2D eigenvalue weighted by Gasteiger charge is -2.01. The first-order chi connectivity index (χ1) is 10.1. The third-order valence-corrected chi connectivity index (χ3v) is 3.90. The Morgan fingerprint density at radius 2 is 2.05 bits per heavy atom. The fourth-order valence-corrected chi connectivity index (χ4v) is 2.86. The van der Waals surface area contributed by atoms with E-state index in [1.54, 1.807) is 18.2 Å². The van der Waals surface area contributed by atoms with E-state index in [1.807, 2.05) is 29.1 Å². The minimum absolute atomic E-state index is 0.395. The molecule has 7 heteroatoms. The standard InChI is InChI=1S/C14H11N3O3S/c18-12(19)8-15-13(20)9-3-4-10-11(7-9)21-14(16-10)17-5-1-2-6-17/h1-7H,8H2,(H,15,20)(H,18,19). The summed E-state index contributed by atoms with van der Waals surface area (Å²) in [7, 11) is 0. The van der Waals surface area contributed by atoms with Crippen molar-refractivity contribution in [2.45, 2.75) is 0 Å². The minimum Gasteiger partial charge on any atom is -0.480 e. The maximum atomic E-state index is 11.8. The first kappa shape index (κ1) is 13.3. The van der Waals surface area contributed by atoms with Crippen LogP contribution < -0.4 is 5.32 Å². The summed E-state index contributed by atoms with van der Waals surface area (Å²) in [6, 6.07) is 8.94. The number of amides is 1. The summed E-state index contributed by atoms with van der Waals surface area (Å²) in [6.07, 6.45) is 3.80. The molecule has 1 amide bonds. The maximum absolute atomic E-state index is 11.8. The Kier molecular flexibility index (Phi) is 3.41. The van der Waals surface area contributed by atoms with Crippen molar-refractivity contribution in [3.8, 4) is 5.13 Å². The van der Waals surface area contributed by atoms with Gasteiger partial charge in [-0.1, -0.05) is 11.3 Å². The van der Waals surface area contributed by atoms with Crippen LogP contribution in [-0.2, 0) is 4.79 Å². The van der Waals surface area contributed by atoms with Gasteiger partial charge in [0.15, 0.2) is 5.13 Å². The van der Waals surface area contributed by atoms with Crippen LogP contribution in [0.15, 0.2) is 42.7 Å². The Labute approximate surface area is 123 Å². The molecular formula is C14H11N3O3S. The van der Waals surface area contributed by atoms with Crippen molar-refractivity contribution in [3.63, 3.8) is 0 Å². The molecule has 2 N–H and O–H groups in total. The number of aromatic nitrogens is 2. The maximum Gasteiger partial charge on any atom is 0.322 e. The summed E-state index contributed by atoms with van der Waals surface area (Å²) in [5.41, 5.74) is 1.23. The molecule has 2 heterocycles. The number of fused-ring (bicyclic) bond motifs is 1. The number of carbonyl (C=O) groups is 2. The molecule has 0 saturated carbocycles. The van der Waals surface area contributed by atoms with Gasteiger partial charge in [0.1, 0.15) is 6.54 Å². The second-order valence-corrected chi connectivity index (χ2v) is 5.35. The average molecular weight is 301 g/mol. The molecule has 0 saturated heterocycles. The van der Waals surface area contributed by atoms with Gasteiger partial charge >= 0.3 is 5.97 Å². The van der Waals surface area contributed by atoms with Crippen LogP contribution in [0.4, 0.5) is 0 Å². The van der Waals surface area contributed by atoms with Gasteiger partial charge in [-0.2, -0.15) is 0 Å². The molecule has 0 aliphatic carbocycles. The fraction of sp³-hybridized carbons (Fsp3) is 0.0714. The SMILES string of the molecule is O=C(O)CNC(=O)c1ccc2nc(-n3cccc3)sc2c1. The molecule has 3 rings (SSSR count). The van der Waals surface area contributed by atoms with Crippen molar-refractivity contribution in [1.29, 1.82) is 0 Å². The third kappa shape index (κ3) is 2.77. The smallest absolute Gasteiger partial charge is 0.322 e. The van der Waals surface area contributed by atoms with Gasteiger partial charge in [-0.15, -0.1) is 0 Å². The number of benzene rings is 1. The van der Waals surface area contributed by atoms with Gasteiger partial charge in [0, 0.05) is 18.0 Å². The first-order valence-corrected chi connectivity index (χ1v) is 6.99. The third-order valence-electron chi connectivity index (χ3n) is 2.86. The number of hydrogen-bond donors (Lipinski definition) is 2. The largest absolute Gasteiger partial charge is 0.480 e. The Morgan fingerprint density at radius 3 is 2.76 bits per heavy atom. The number of hydrogen-bond acceptors (Lipinski definition) is 4. The first-order valence-electron chi connectivity index (χ1n) is 6.17. The van der Waals surface area contributed by atoms with E-state index >= 15 is 0 Å². The van der Waals surface area contributed by atoms with Crippen molar-refractivity contribution >= 4 is 33.4 Å². The van der Waals surface area contributed by atoms with Crippen molar-refractivity contribution in [2.75, 3.05) is 6.54 Å². The molecule has 106 valence electrons. The molecule has 0 fully saturated rings. The second-order valence-electron chi connectivity index (χ2n) is 4.35. The van der Waals surface area contributed by atoms with Crippen molar-refractivity contribution in [1.82, 2.24) is 14.9 Å². The predicted octanol–water partition coefficient (Wildman–Crippen LogP) is 1.90. The lowest BCUT2D eigenvalue weighted by atomic mass is 10.2. The van der Waals surface area contributed by atoms with Gasteiger partial charge in [0.05, 0.1) is 10.2 Å². The van der Waals surface area contributed by atoms with Crippen LogP contribution in [-0.4, -0.2) is 33.1 Å². The summed E-state index contributed by atoms with van der Waals surface area (Å²) in [4.78, 5) is 26.8. The Morgan fingerprint density at radius 1 is 1.29 bits per heavy atom. The van der Waals surface area contributed by atoms with E-state index in [1.165, 1.54) is 11.3 Å². The highest BCUT2D eigenvalue weighted by Gasteiger charge is 2.10. The van der Waals surface area contributed by atoms with Gasteiger partial charge in [-0.3, -0.25) is 9.59 Å². The van der Waals surface area contributed by atoms with E-state index in [4.69, 9.17) is 5.11 Å². The van der Waals surface area contributed by atoms with Gasteiger partial charge in [0.25, 0.3) is 5.91 Å². The van der Waals surface area contributed by atoms with Crippen LogP contribution in [0.2, 0.25) is 0 Å². The van der Waals surface area contributed by atoms with E-state index in [-0.39, 0.29) is 0 Å². The van der Waals surface area contributed by atoms with Crippen LogP contribution in [0.5, 0.6) is 0 Å². The number of carboxylic acid groups (broad SMARTS) is 1. The van der Waals surface area contributed by atoms with E-state index in [0.29, 0.717) is 5.56 Å². The summed E-state index contributed by atoms with van der Waals surface area (Å²) >= 11 is 1.47. The van der Waals surface area contributed by atoms with Gasteiger partial charge in [0.2, 0.25) is 0 Å². The lowest BCUT2D eigenvalue weighted by Crippen LogP contribution is -2.29. The molecule has 2 aromatic heterocycles. The molecule has 1 aromatic carbocycles. The molecule has 0 unspecified atom stereocenters. The number of rotatable bonds is 4. The molecule has 6 nitrogen and oxygen atoms in total. The second kappa shape index (κ2) is 5.37. The molecule has 0 bridgehead atoms. The normalized spacial score (nSPS) is 10.7. The molecule has 3 aromatic rings. The summed E-state index contributed by atoms with van der Waals surface area (Å²) in [5, 5.41) is 11.7. The van der Waals surface area contributed by atoms with Gasteiger partial charge in [-0.05, 0) is 30.3 Å². The number of nitrogens with zero attached hydrogens (tertiary/aromatic N) is 2. The average Bonchev–Trinajstić information content (AvgIpc) is 3.11. The lowest BCUT2D eigenvalue weighted by molar-refractivity contribution is -0.135. The molecule has 0 aliphatic rings. The predicted molar refractivity (Wildman–Crippen MR) is 78.9 cm³/mol. The van der Waals surface area contributed by atoms with E-state index < -0.39 is 18.4 Å². The Balaban J connectivity index is 1.89. The van der Waals surface area contributed by atoms with E-state index in [9.17, 15) is 9.59 Å². The number of carboxylic acids is 1. The zero-order chi connectivity index (χ0) is 14.8. The topological polar surface area (TPSA) is 84.2 Å². The molecule has 0 atom stereocenters. The number of aliphatic carboxylic acids is 1. The van der Waals surface area contributed by atoms with Crippen LogP contribution in [0.25, 0.3) is 15.3 Å². The van der Waals surface area contributed by atoms with Crippen molar-refractivity contribution < 1.29 is 14.7 Å². The highest BCUT2D eigenvalue weighted by Crippen LogP contribution is 2.25. The van der Waals surface area contributed by atoms with Crippen molar-refractivity contribution in [3.05, 3.63) is 48.3 Å². The number of nitrogens with one attached hydrogen (secondary N) is 1. The van der Waals surface area contributed by atoms with Crippen LogP contribution in [0.3, 0.4) is 0 Å². The number of carbonyl (C=O) groups excluding carboxylic acids is 1. The summed E-state index contributed by atoms with van der Waals surface area (Å²) in [5.74, 6) is -1.48. The molecule has 0 radical (unpaired) electrons. The molecule has 21 heavy (non-hydrogen) atoms. The van der Waals surface area contributed by atoms with Crippen LogP contribution >= 0.6 is 11.3 Å². The number of thiazole rings is 1. The quantitative estimate of drug-likeness (QED) is 0.771. The van der Waals surface area contributed by atoms with Crippen LogP contribution in [0.1, 0.15) is 10.4 Å². The van der Waals surface area contributed by atoms with Crippen LogP contribution in [0, 0.1) is 0 Å². The highest BCUT2D eigenvalue weighted by atomic mass is 32.1. The Bertz CT molecular complexity index is 808. The Hall–Kier alpha value is -2.67. The highest BCUT2D eigenvalue weighted by molar-refractivity contribution is 7.20. The molecular weight excluding hydrogens is 290 g/mol. The van der Waals surface area contributed by atoms with Gasteiger partial charge in [-0.25, -0.2) is 4.98 Å². The summed E-state index contributed by atoms with van der Waals surface area (Å²) in [6.45, 7) is -0.395. The minimum atomic E-state index is -1.07. The summed E-state index contributed by atoms with van der Waals surface area (Å²) < 4.78 is 2.77. The molecule has 0 aliphatic heterocycles. The zero-order valence-corrected chi connectivity index (χ0v) is 11.6. The van der Waals surface area contributed by atoms with E-state index in [2.05, 4.69) is 10.3 Å².